The van der Waals surface area contributed by atoms with Crippen molar-refractivity contribution in [1.82, 2.24) is 0 Å². The molecule has 0 radical (unpaired) electrons. The number of carbonyl (C=O) groups is 1. The number of benzene rings is 1. The largest absolute Gasteiger partial charge is 0.465 e. The molecule has 1 aliphatic heterocycles. The first-order valence-corrected chi connectivity index (χ1v) is 8.75. The lowest BCUT2D eigenvalue weighted by Crippen LogP contribution is -2.28. The lowest BCUT2D eigenvalue weighted by molar-refractivity contribution is -0.113. The van der Waals surface area contributed by atoms with E-state index in [0.29, 0.717) is 9.23 Å². The van der Waals surface area contributed by atoms with Crippen LogP contribution in [0.5, 0.6) is 0 Å². The lowest BCUT2D eigenvalue weighted by Gasteiger charge is -2.17. The monoisotopic (exact) mass is 355 g/mol. The number of hydrogen-bond acceptors (Lipinski definition) is 4. The number of furan rings is 1. The summed E-state index contributed by atoms with van der Waals surface area (Å²) in [5.74, 6) is 0.678. The predicted molar refractivity (Wildman–Crippen MR) is 104 cm³/mol. The zero-order valence-electron chi connectivity index (χ0n) is 13.7. The second-order valence-electron chi connectivity index (χ2n) is 5.71. The third-order valence-corrected chi connectivity index (χ3v) is 4.96. The summed E-state index contributed by atoms with van der Waals surface area (Å²) in [6.07, 6.45) is 5.37. The second kappa shape index (κ2) is 6.79. The number of thiocarbonyl (C=S) groups is 1. The van der Waals surface area contributed by atoms with Gasteiger partial charge in [0.15, 0.2) is 4.32 Å². The number of hydrogen-bond donors (Lipinski definition) is 0. The zero-order chi connectivity index (χ0) is 17.3. The smallest absolute Gasteiger partial charge is 0.270 e. The third kappa shape index (κ3) is 3.37. The van der Waals surface area contributed by atoms with Crippen molar-refractivity contribution in [3.63, 3.8) is 0 Å². The van der Waals surface area contributed by atoms with Crippen molar-refractivity contribution in [3.05, 3.63) is 70.0 Å². The number of anilines is 1. The van der Waals surface area contributed by atoms with E-state index in [0.717, 1.165) is 28.1 Å². The van der Waals surface area contributed by atoms with Crippen molar-refractivity contribution in [2.75, 3.05) is 4.90 Å². The molecule has 1 aromatic carbocycles. The SMILES string of the molecule is CC(=C/c1ccco1)/C=C1/SC(=S)N(c2ccc(C)cc2C)C1=O. The number of aryl methyl sites for hydroxylation is 2. The van der Waals surface area contributed by atoms with Crippen LogP contribution in [0, 0.1) is 13.8 Å². The Hall–Kier alpha value is -2.11. The third-order valence-electron chi connectivity index (χ3n) is 3.66. The summed E-state index contributed by atoms with van der Waals surface area (Å²) in [7, 11) is 0. The average Bonchev–Trinajstić information content (AvgIpc) is 3.10. The molecule has 0 bridgehead atoms. The van der Waals surface area contributed by atoms with E-state index < -0.39 is 0 Å². The Bertz CT molecular complexity index is 863. The molecule has 1 fully saturated rings. The molecule has 1 amide bonds. The maximum atomic E-state index is 12.8. The number of thioether (sulfide) groups is 1. The number of amides is 1. The molecule has 5 heteroatoms. The quantitative estimate of drug-likeness (QED) is 0.556. The van der Waals surface area contributed by atoms with Gasteiger partial charge in [0.1, 0.15) is 5.76 Å². The molecule has 0 spiro atoms. The van der Waals surface area contributed by atoms with Gasteiger partial charge >= 0.3 is 0 Å². The summed E-state index contributed by atoms with van der Waals surface area (Å²) in [5.41, 5.74) is 3.98. The van der Waals surface area contributed by atoms with Crippen molar-refractivity contribution in [3.8, 4) is 0 Å². The lowest BCUT2D eigenvalue weighted by atomic mass is 10.1. The fourth-order valence-corrected chi connectivity index (χ4v) is 3.91. The molecule has 3 rings (SSSR count). The molecule has 0 saturated carbocycles. The Balaban J connectivity index is 1.90. The first-order valence-electron chi connectivity index (χ1n) is 7.53. The van der Waals surface area contributed by atoms with Crippen molar-refractivity contribution < 1.29 is 9.21 Å². The highest BCUT2D eigenvalue weighted by atomic mass is 32.2. The van der Waals surface area contributed by atoms with Crippen LogP contribution in [0.3, 0.4) is 0 Å². The van der Waals surface area contributed by atoms with Gasteiger partial charge in [-0.05, 0) is 62.3 Å². The summed E-state index contributed by atoms with van der Waals surface area (Å²) in [6.45, 7) is 5.96. The summed E-state index contributed by atoms with van der Waals surface area (Å²) in [6, 6.07) is 9.70. The minimum absolute atomic E-state index is 0.0795. The van der Waals surface area contributed by atoms with E-state index in [1.807, 2.05) is 57.2 Å². The van der Waals surface area contributed by atoms with E-state index in [4.69, 9.17) is 16.6 Å². The minimum atomic E-state index is -0.0795. The molecule has 0 unspecified atom stereocenters. The van der Waals surface area contributed by atoms with Crippen LogP contribution in [-0.2, 0) is 4.79 Å². The molecular formula is C19H17NO2S2. The van der Waals surface area contributed by atoms with E-state index in [-0.39, 0.29) is 5.91 Å². The van der Waals surface area contributed by atoms with Gasteiger partial charge in [-0.1, -0.05) is 41.7 Å². The molecule has 2 heterocycles. The maximum absolute atomic E-state index is 12.8. The first-order chi connectivity index (χ1) is 11.5. The van der Waals surface area contributed by atoms with Crippen molar-refractivity contribution in [1.29, 1.82) is 0 Å². The number of nitrogens with zero attached hydrogens (tertiary/aromatic N) is 1. The van der Waals surface area contributed by atoms with Crippen LogP contribution < -0.4 is 4.90 Å². The minimum Gasteiger partial charge on any atom is -0.465 e. The normalized spacial score (nSPS) is 17.2. The standard InChI is InChI=1S/C19H17NO2S2/c1-12-6-7-16(14(3)9-12)20-18(21)17(24-19(20)23)11-13(2)10-15-5-4-8-22-15/h4-11H,1-3H3/b13-10-,17-11+. The first kappa shape index (κ1) is 16.7. The van der Waals surface area contributed by atoms with Crippen LogP contribution in [0.1, 0.15) is 23.8 Å². The summed E-state index contributed by atoms with van der Waals surface area (Å²) in [5, 5.41) is 0. The molecule has 1 aromatic heterocycles. The van der Waals surface area contributed by atoms with E-state index in [2.05, 4.69) is 6.07 Å². The molecule has 2 aromatic rings. The molecular weight excluding hydrogens is 338 g/mol. The van der Waals surface area contributed by atoms with Crippen LogP contribution in [0.2, 0.25) is 0 Å². The summed E-state index contributed by atoms with van der Waals surface area (Å²) in [4.78, 5) is 15.0. The summed E-state index contributed by atoms with van der Waals surface area (Å²) < 4.78 is 5.86. The maximum Gasteiger partial charge on any atom is 0.270 e. The van der Waals surface area contributed by atoms with Crippen LogP contribution in [0.4, 0.5) is 5.69 Å². The van der Waals surface area contributed by atoms with Gasteiger partial charge in [0.25, 0.3) is 5.91 Å². The van der Waals surface area contributed by atoms with Crippen molar-refractivity contribution >= 4 is 46.0 Å². The van der Waals surface area contributed by atoms with Gasteiger partial charge in [-0.15, -0.1) is 0 Å². The fraction of sp³-hybridized carbons (Fsp3) is 0.158. The molecule has 0 atom stereocenters. The molecule has 0 N–H and O–H groups in total. The van der Waals surface area contributed by atoms with E-state index in [1.54, 1.807) is 11.2 Å². The van der Waals surface area contributed by atoms with Gasteiger partial charge in [-0.3, -0.25) is 9.69 Å². The Labute approximate surface area is 151 Å². The zero-order valence-corrected chi connectivity index (χ0v) is 15.3. The van der Waals surface area contributed by atoms with Crippen LogP contribution in [-0.4, -0.2) is 10.2 Å². The van der Waals surface area contributed by atoms with Crippen LogP contribution in [0.15, 0.2) is 57.6 Å². The Kier molecular flexibility index (Phi) is 4.73. The highest BCUT2D eigenvalue weighted by Gasteiger charge is 2.33. The highest BCUT2D eigenvalue weighted by Crippen LogP contribution is 2.37. The van der Waals surface area contributed by atoms with Crippen molar-refractivity contribution in [2.24, 2.45) is 0 Å². The van der Waals surface area contributed by atoms with Gasteiger partial charge in [0.05, 0.1) is 16.9 Å². The number of carbonyl (C=O) groups excluding carboxylic acids is 1. The van der Waals surface area contributed by atoms with E-state index in [1.165, 1.54) is 11.8 Å². The second-order valence-corrected chi connectivity index (χ2v) is 7.39. The Morgan fingerprint density at radius 2 is 2.08 bits per heavy atom. The van der Waals surface area contributed by atoms with Gasteiger partial charge in [0, 0.05) is 0 Å². The van der Waals surface area contributed by atoms with E-state index >= 15 is 0 Å². The van der Waals surface area contributed by atoms with Gasteiger partial charge < -0.3 is 4.42 Å². The Morgan fingerprint density at radius 3 is 2.75 bits per heavy atom. The molecule has 1 aliphatic rings. The number of allylic oxidation sites excluding steroid dienone is 2. The average molecular weight is 355 g/mol. The number of rotatable bonds is 3. The molecule has 3 nitrogen and oxygen atoms in total. The summed E-state index contributed by atoms with van der Waals surface area (Å²) >= 11 is 6.76. The van der Waals surface area contributed by atoms with Gasteiger partial charge in [-0.25, -0.2) is 0 Å². The highest BCUT2D eigenvalue weighted by molar-refractivity contribution is 8.27. The van der Waals surface area contributed by atoms with E-state index in [9.17, 15) is 4.79 Å². The Morgan fingerprint density at radius 1 is 1.29 bits per heavy atom. The van der Waals surface area contributed by atoms with Crippen LogP contribution in [0.25, 0.3) is 6.08 Å². The molecule has 24 heavy (non-hydrogen) atoms. The predicted octanol–water partition coefficient (Wildman–Crippen LogP) is 5.25. The van der Waals surface area contributed by atoms with Gasteiger partial charge in [-0.2, -0.15) is 0 Å². The van der Waals surface area contributed by atoms with Crippen molar-refractivity contribution in [2.45, 2.75) is 20.8 Å². The molecule has 0 aliphatic carbocycles. The van der Waals surface area contributed by atoms with Crippen LogP contribution >= 0.6 is 24.0 Å². The molecule has 122 valence electrons. The van der Waals surface area contributed by atoms with Gasteiger partial charge in [0.2, 0.25) is 0 Å². The topological polar surface area (TPSA) is 33.5 Å². The fourth-order valence-electron chi connectivity index (χ4n) is 2.58. The molecule has 1 saturated heterocycles.